The van der Waals surface area contributed by atoms with Crippen LogP contribution in [0.5, 0.6) is 5.75 Å². The Bertz CT molecular complexity index is 1200. The molecule has 0 unspecified atom stereocenters. The molecule has 0 bridgehead atoms. The molecule has 0 aromatic heterocycles. The quantitative estimate of drug-likeness (QED) is 0.316. The Hall–Kier alpha value is -3.21. The van der Waals surface area contributed by atoms with Crippen LogP contribution in [0.15, 0.2) is 59.0 Å². The zero-order chi connectivity index (χ0) is 25.0. The molecule has 1 fully saturated rings. The predicted molar refractivity (Wildman–Crippen MR) is 126 cm³/mol. The van der Waals surface area contributed by atoms with Crippen molar-refractivity contribution in [2.45, 2.75) is 24.8 Å². The SMILES string of the molecule is CCN(CC)S(=O)(=O)c1ccc(/C(O)=C2\C(=O)C(=O)N(CCOC)[C@H]2c2cccc(O)c2)cc1. The van der Waals surface area contributed by atoms with Crippen LogP contribution in [0, 0.1) is 0 Å². The summed E-state index contributed by atoms with van der Waals surface area (Å²) < 4.78 is 31.9. The van der Waals surface area contributed by atoms with Crippen LogP contribution in [0.1, 0.15) is 31.0 Å². The molecule has 1 aliphatic rings. The molecule has 0 spiro atoms. The summed E-state index contributed by atoms with van der Waals surface area (Å²) in [7, 11) is -2.23. The Morgan fingerprint density at radius 2 is 1.74 bits per heavy atom. The Morgan fingerprint density at radius 3 is 2.29 bits per heavy atom. The monoisotopic (exact) mass is 488 g/mol. The zero-order valence-corrected chi connectivity index (χ0v) is 20.1. The molecule has 2 aromatic rings. The number of methoxy groups -OCH3 is 1. The first-order valence-electron chi connectivity index (χ1n) is 10.8. The van der Waals surface area contributed by atoms with E-state index in [9.17, 15) is 28.2 Å². The number of hydrogen-bond acceptors (Lipinski definition) is 7. The second-order valence-electron chi connectivity index (χ2n) is 7.69. The number of amides is 1. The lowest BCUT2D eigenvalue weighted by molar-refractivity contribution is -0.140. The average molecular weight is 489 g/mol. The molecule has 0 aliphatic carbocycles. The molecule has 1 heterocycles. The maximum absolute atomic E-state index is 12.9. The van der Waals surface area contributed by atoms with Gasteiger partial charge in [-0.2, -0.15) is 4.31 Å². The van der Waals surface area contributed by atoms with Crippen LogP contribution >= 0.6 is 0 Å². The minimum Gasteiger partial charge on any atom is -0.508 e. The minimum atomic E-state index is -3.70. The first-order valence-corrected chi connectivity index (χ1v) is 12.3. The van der Waals surface area contributed by atoms with Gasteiger partial charge in [0.2, 0.25) is 10.0 Å². The number of benzene rings is 2. The molecule has 1 amide bonds. The Labute approximate surface area is 198 Å². The predicted octanol–water partition coefficient (Wildman–Crippen LogP) is 2.49. The number of aliphatic hydroxyl groups is 1. The number of aromatic hydroxyl groups is 1. The lowest BCUT2D eigenvalue weighted by atomic mass is 9.95. The molecule has 3 rings (SSSR count). The van der Waals surface area contributed by atoms with Crippen LogP contribution in [-0.4, -0.2) is 72.9 Å². The fourth-order valence-corrected chi connectivity index (χ4v) is 5.45. The first-order chi connectivity index (χ1) is 16.2. The Morgan fingerprint density at radius 1 is 1.09 bits per heavy atom. The van der Waals surface area contributed by atoms with E-state index in [0.29, 0.717) is 18.7 Å². The smallest absolute Gasteiger partial charge is 0.295 e. The average Bonchev–Trinajstić information content (AvgIpc) is 3.07. The van der Waals surface area contributed by atoms with Crippen LogP contribution in [0.3, 0.4) is 0 Å². The maximum atomic E-state index is 12.9. The minimum absolute atomic E-state index is 0.0535. The summed E-state index contributed by atoms with van der Waals surface area (Å²) in [6.45, 7) is 4.38. The van der Waals surface area contributed by atoms with Crippen LogP contribution < -0.4 is 0 Å². The van der Waals surface area contributed by atoms with Crippen LogP contribution in [0.4, 0.5) is 0 Å². The van der Waals surface area contributed by atoms with Gasteiger partial charge in [0.15, 0.2) is 0 Å². The van der Waals surface area contributed by atoms with E-state index in [4.69, 9.17) is 4.74 Å². The van der Waals surface area contributed by atoms with Crippen molar-refractivity contribution >= 4 is 27.5 Å². The van der Waals surface area contributed by atoms with E-state index >= 15 is 0 Å². The highest BCUT2D eigenvalue weighted by molar-refractivity contribution is 7.89. The fraction of sp³-hybridized carbons (Fsp3) is 0.333. The lowest BCUT2D eigenvalue weighted by Gasteiger charge is -2.25. The summed E-state index contributed by atoms with van der Waals surface area (Å²) in [5.41, 5.74) is 0.483. The molecule has 10 heteroatoms. The zero-order valence-electron chi connectivity index (χ0n) is 19.3. The highest BCUT2D eigenvalue weighted by Gasteiger charge is 2.46. The number of hydrogen-bond donors (Lipinski definition) is 2. The molecule has 9 nitrogen and oxygen atoms in total. The third-order valence-electron chi connectivity index (χ3n) is 5.73. The van der Waals surface area contributed by atoms with Gasteiger partial charge in [-0.1, -0.05) is 26.0 Å². The van der Waals surface area contributed by atoms with Crippen molar-refractivity contribution in [3.63, 3.8) is 0 Å². The number of carbonyl (C=O) groups is 2. The third kappa shape index (κ3) is 4.70. The van der Waals surface area contributed by atoms with Gasteiger partial charge in [0.25, 0.3) is 11.7 Å². The number of ether oxygens (including phenoxy) is 1. The van der Waals surface area contributed by atoms with Gasteiger partial charge in [-0.15, -0.1) is 0 Å². The van der Waals surface area contributed by atoms with Crippen LogP contribution in [0.2, 0.25) is 0 Å². The fourth-order valence-electron chi connectivity index (χ4n) is 3.99. The number of carbonyl (C=O) groups excluding carboxylic acids is 2. The molecule has 1 atom stereocenters. The van der Waals surface area contributed by atoms with Crippen molar-refractivity contribution in [3.05, 3.63) is 65.2 Å². The van der Waals surface area contributed by atoms with Crippen LogP contribution in [-0.2, 0) is 24.3 Å². The van der Waals surface area contributed by atoms with Gasteiger partial charge < -0.3 is 19.8 Å². The lowest BCUT2D eigenvalue weighted by Crippen LogP contribution is -2.32. The van der Waals surface area contributed by atoms with Crippen molar-refractivity contribution in [2.75, 3.05) is 33.4 Å². The standard InChI is InChI=1S/C24H28N2O7S/c1-4-25(5-2)34(31,32)19-11-9-16(10-12-19)22(28)20-21(17-7-6-8-18(27)15-17)26(13-14-33-3)24(30)23(20)29/h6-12,15,21,27-28H,4-5,13-14H2,1-3H3/b22-20+/t21-/m0/s1. The van der Waals surface area contributed by atoms with Crippen molar-refractivity contribution in [2.24, 2.45) is 0 Å². The topological polar surface area (TPSA) is 124 Å². The van der Waals surface area contributed by atoms with Gasteiger partial charge >= 0.3 is 0 Å². The van der Waals surface area contributed by atoms with Crippen molar-refractivity contribution in [3.8, 4) is 5.75 Å². The van der Waals surface area contributed by atoms with Gasteiger partial charge in [-0.05, 0) is 42.0 Å². The van der Waals surface area contributed by atoms with E-state index in [0.717, 1.165) is 0 Å². The third-order valence-corrected chi connectivity index (χ3v) is 7.80. The van der Waals surface area contributed by atoms with E-state index in [1.54, 1.807) is 26.0 Å². The van der Waals surface area contributed by atoms with Crippen molar-refractivity contribution in [1.29, 1.82) is 0 Å². The second-order valence-corrected chi connectivity index (χ2v) is 9.63. The normalized spacial score (nSPS) is 18.1. The summed E-state index contributed by atoms with van der Waals surface area (Å²) in [6, 6.07) is 10.7. The van der Waals surface area contributed by atoms with E-state index in [1.807, 2.05) is 0 Å². The van der Waals surface area contributed by atoms with Crippen molar-refractivity contribution in [1.82, 2.24) is 9.21 Å². The number of nitrogens with zero attached hydrogens (tertiary/aromatic N) is 2. The summed E-state index contributed by atoms with van der Waals surface area (Å²) in [6.07, 6.45) is 0. The molecule has 0 saturated carbocycles. The molecule has 1 saturated heterocycles. The van der Waals surface area contributed by atoms with Gasteiger partial charge in [0, 0.05) is 32.3 Å². The molecule has 1 aliphatic heterocycles. The number of aliphatic hydroxyl groups excluding tert-OH is 1. The molecule has 0 radical (unpaired) electrons. The molecule has 34 heavy (non-hydrogen) atoms. The molecular formula is C24H28N2O7S. The van der Waals surface area contributed by atoms with E-state index in [2.05, 4.69) is 0 Å². The highest BCUT2D eigenvalue weighted by atomic mass is 32.2. The number of sulfonamides is 1. The number of ketones is 1. The molecule has 2 aromatic carbocycles. The van der Waals surface area contributed by atoms with E-state index < -0.39 is 33.5 Å². The van der Waals surface area contributed by atoms with Gasteiger partial charge in [-0.25, -0.2) is 8.42 Å². The number of Topliss-reactive ketones (excluding diaryl/α,β-unsaturated/α-hetero) is 1. The van der Waals surface area contributed by atoms with E-state index in [-0.39, 0.29) is 34.9 Å². The molecule has 182 valence electrons. The van der Waals surface area contributed by atoms with Gasteiger partial charge in [0.05, 0.1) is 23.1 Å². The number of phenols is 1. The van der Waals surface area contributed by atoms with Gasteiger partial charge in [-0.3, -0.25) is 9.59 Å². The highest BCUT2D eigenvalue weighted by Crippen LogP contribution is 2.40. The van der Waals surface area contributed by atoms with Crippen LogP contribution in [0.25, 0.3) is 5.76 Å². The number of phenolic OH excluding ortho intramolecular Hbond substituents is 1. The maximum Gasteiger partial charge on any atom is 0.295 e. The molecule has 2 N–H and O–H groups in total. The number of likely N-dealkylation sites (tertiary alicyclic amines) is 1. The van der Waals surface area contributed by atoms with E-state index in [1.165, 1.54) is 52.7 Å². The first kappa shape index (κ1) is 25.4. The van der Waals surface area contributed by atoms with Crippen molar-refractivity contribution < 1.29 is 33.0 Å². The Balaban J connectivity index is 2.10. The summed E-state index contributed by atoms with van der Waals surface area (Å²) in [4.78, 5) is 27.1. The summed E-state index contributed by atoms with van der Waals surface area (Å²) in [5.74, 6) is -2.16. The van der Waals surface area contributed by atoms with Gasteiger partial charge in [0.1, 0.15) is 11.5 Å². The summed E-state index contributed by atoms with van der Waals surface area (Å²) >= 11 is 0. The number of rotatable bonds is 9. The second kappa shape index (κ2) is 10.4. The Kier molecular flexibility index (Phi) is 7.75. The largest absolute Gasteiger partial charge is 0.508 e. The summed E-state index contributed by atoms with van der Waals surface area (Å²) in [5, 5.41) is 21.0. The molecular weight excluding hydrogens is 460 g/mol.